The van der Waals surface area contributed by atoms with Gasteiger partial charge >= 0.3 is 5.97 Å². The zero-order valence-corrected chi connectivity index (χ0v) is 16.7. The molecule has 0 aliphatic carbocycles. The number of hydrogen-bond donors (Lipinski definition) is 2. The number of aromatic amines is 1. The summed E-state index contributed by atoms with van der Waals surface area (Å²) >= 11 is 3.46. The van der Waals surface area contributed by atoms with Crippen molar-refractivity contribution in [3.8, 4) is 17.2 Å². The molecule has 144 valence electrons. The summed E-state index contributed by atoms with van der Waals surface area (Å²) in [5.74, 6) is 0.00302. The van der Waals surface area contributed by atoms with Crippen LogP contribution in [0.5, 0.6) is 11.5 Å². The van der Waals surface area contributed by atoms with E-state index in [-0.39, 0.29) is 11.1 Å². The second-order valence-corrected chi connectivity index (χ2v) is 6.73. The van der Waals surface area contributed by atoms with Gasteiger partial charge in [-0.1, -0.05) is 28.6 Å². The highest BCUT2D eigenvalue weighted by molar-refractivity contribution is 9.10. The molecule has 0 saturated carbocycles. The van der Waals surface area contributed by atoms with Crippen molar-refractivity contribution in [3.63, 3.8) is 0 Å². The first-order valence-electron chi connectivity index (χ1n) is 8.12. The molecule has 0 spiro atoms. The van der Waals surface area contributed by atoms with Gasteiger partial charge in [0.25, 0.3) is 5.56 Å². The highest BCUT2D eigenvalue weighted by atomic mass is 79.9. The molecule has 0 aliphatic heterocycles. The Hall–Kier alpha value is -3.26. The van der Waals surface area contributed by atoms with Crippen molar-refractivity contribution >= 4 is 34.6 Å². The van der Waals surface area contributed by atoms with E-state index in [2.05, 4.69) is 27.6 Å². The first kappa shape index (κ1) is 19.5. The molecule has 0 radical (unpaired) electrons. The predicted molar refractivity (Wildman–Crippen MR) is 109 cm³/mol. The standard InChI is InChI=1S/C20H17BrN2O5/c1-11-15(8-13-9-17(27-2)18(28-3)10-16(13)21)19(24)23(22-11)14-6-4-5-12(7-14)20(25)26/h4-10,22H,1H2,2-3H3,(H,25,26)/b15-8-. The number of aromatic nitrogens is 2. The third-order valence-electron chi connectivity index (χ3n) is 4.16. The van der Waals surface area contributed by atoms with Crippen LogP contribution >= 0.6 is 15.9 Å². The van der Waals surface area contributed by atoms with Crippen molar-refractivity contribution in [2.75, 3.05) is 14.2 Å². The second-order valence-electron chi connectivity index (χ2n) is 5.87. The summed E-state index contributed by atoms with van der Waals surface area (Å²) in [7, 11) is 3.07. The Balaban J connectivity index is 2.19. The van der Waals surface area contributed by atoms with E-state index in [1.807, 2.05) is 0 Å². The van der Waals surface area contributed by atoms with Crippen molar-refractivity contribution < 1.29 is 19.4 Å². The zero-order valence-electron chi connectivity index (χ0n) is 15.2. The summed E-state index contributed by atoms with van der Waals surface area (Å²) in [5, 5.41) is 12.8. The maximum Gasteiger partial charge on any atom is 0.335 e. The molecule has 7 nitrogen and oxygen atoms in total. The minimum Gasteiger partial charge on any atom is -0.493 e. The first-order valence-corrected chi connectivity index (χ1v) is 8.92. The zero-order chi connectivity index (χ0) is 20.4. The van der Waals surface area contributed by atoms with Gasteiger partial charge in [-0.05, 0) is 42.0 Å². The highest BCUT2D eigenvalue weighted by Gasteiger charge is 2.11. The Bertz CT molecular complexity index is 1230. The summed E-state index contributed by atoms with van der Waals surface area (Å²) in [4.78, 5) is 24.1. The van der Waals surface area contributed by atoms with Crippen LogP contribution in [-0.2, 0) is 0 Å². The molecule has 2 N–H and O–H groups in total. The van der Waals surface area contributed by atoms with Crippen LogP contribution in [0.4, 0.5) is 0 Å². The Morgan fingerprint density at radius 3 is 2.54 bits per heavy atom. The van der Waals surface area contributed by atoms with Gasteiger partial charge in [0.1, 0.15) is 0 Å². The van der Waals surface area contributed by atoms with Gasteiger partial charge in [-0.3, -0.25) is 9.89 Å². The van der Waals surface area contributed by atoms with Crippen LogP contribution in [-0.4, -0.2) is 35.1 Å². The molecular weight excluding hydrogens is 428 g/mol. The smallest absolute Gasteiger partial charge is 0.335 e. The van der Waals surface area contributed by atoms with E-state index < -0.39 is 5.97 Å². The lowest BCUT2D eigenvalue weighted by molar-refractivity contribution is 0.0697. The van der Waals surface area contributed by atoms with Crippen molar-refractivity contribution in [2.45, 2.75) is 0 Å². The van der Waals surface area contributed by atoms with Gasteiger partial charge in [0.15, 0.2) is 11.5 Å². The number of nitrogens with one attached hydrogen (secondary N) is 1. The summed E-state index contributed by atoms with van der Waals surface area (Å²) in [6.45, 7) is 3.89. The van der Waals surface area contributed by atoms with Crippen molar-refractivity contribution in [3.05, 3.63) is 72.9 Å². The van der Waals surface area contributed by atoms with Gasteiger partial charge in [-0.25, -0.2) is 9.48 Å². The molecule has 3 aromatic rings. The molecule has 0 aliphatic rings. The minimum absolute atomic E-state index is 0.0813. The van der Waals surface area contributed by atoms with Crippen molar-refractivity contribution in [2.24, 2.45) is 0 Å². The van der Waals surface area contributed by atoms with Crippen LogP contribution in [0.15, 0.2) is 45.7 Å². The lowest BCUT2D eigenvalue weighted by Crippen LogP contribution is -2.34. The third-order valence-corrected chi connectivity index (χ3v) is 4.85. The van der Waals surface area contributed by atoms with Gasteiger partial charge in [0.05, 0.1) is 36.0 Å². The lowest BCUT2D eigenvalue weighted by atomic mass is 10.1. The Labute approximate surface area is 168 Å². The molecule has 8 heteroatoms. The van der Waals surface area contributed by atoms with Gasteiger partial charge in [-0.15, -0.1) is 0 Å². The largest absolute Gasteiger partial charge is 0.493 e. The van der Waals surface area contributed by atoms with E-state index in [1.54, 1.807) is 30.3 Å². The summed E-state index contributed by atoms with van der Waals surface area (Å²) < 4.78 is 12.5. The number of carbonyl (C=O) groups is 1. The van der Waals surface area contributed by atoms with Crippen LogP contribution in [0.3, 0.4) is 0 Å². The summed E-state index contributed by atoms with van der Waals surface area (Å²) in [6, 6.07) is 9.57. The third kappa shape index (κ3) is 3.59. The molecule has 1 heterocycles. The van der Waals surface area contributed by atoms with Crippen molar-refractivity contribution in [1.82, 2.24) is 9.78 Å². The summed E-state index contributed by atoms with van der Waals surface area (Å²) in [5.41, 5.74) is 0.831. The molecule has 28 heavy (non-hydrogen) atoms. The number of rotatable bonds is 5. The Morgan fingerprint density at radius 2 is 1.89 bits per heavy atom. The average Bonchev–Trinajstić information content (AvgIpc) is 2.97. The van der Waals surface area contributed by atoms with E-state index in [1.165, 1.54) is 31.0 Å². The maximum atomic E-state index is 12.9. The van der Waals surface area contributed by atoms with Gasteiger partial charge in [0, 0.05) is 4.47 Å². The number of halogens is 1. The first-order chi connectivity index (χ1) is 13.3. The average molecular weight is 445 g/mol. The Kier molecular flexibility index (Phi) is 5.41. The fourth-order valence-corrected chi connectivity index (χ4v) is 3.18. The number of hydrogen-bond acceptors (Lipinski definition) is 4. The fraction of sp³-hybridized carbons (Fsp3) is 0.100. The summed E-state index contributed by atoms with van der Waals surface area (Å²) in [6.07, 6.45) is 1.67. The van der Waals surface area contributed by atoms with Gasteiger partial charge in [0.2, 0.25) is 0 Å². The minimum atomic E-state index is -1.07. The number of methoxy groups -OCH3 is 2. The molecule has 0 saturated heterocycles. The van der Waals surface area contributed by atoms with Crippen LogP contribution < -0.4 is 25.6 Å². The predicted octanol–water partition coefficient (Wildman–Crippen LogP) is 1.88. The number of nitrogens with zero attached hydrogens (tertiary/aromatic N) is 1. The van der Waals surface area contributed by atoms with Crippen LogP contribution in [0.25, 0.3) is 18.3 Å². The van der Waals surface area contributed by atoms with E-state index >= 15 is 0 Å². The van der Waals surface area contributed by atoms with Crippen LogP contribution in [0.2, 0.25) is 0 Å². The van der Waals surface area contributed by atoms with Gasteiger partial charge < -0.3 is 14.6 Å². The molecule has 3 rings (SSSR count). The molecule has 0 atom stereocenters. The quantitative estimate of drug-likeness (QED) is 0.626. The number of benzene rings is 2. The molecule has 0 fully saturated rings. The number of H-pyrrole nitrogens is 1. The molecular formula is C20H17BrN2O5. The number of carboxylic acids is 1. The SMILES string of the molecule is C=c1[nH]n(-c2cccc(C(=O)O)c2)c(=O)/c1=C\c1cc(OC)c(OC)cc1Br. The monoisotopic (exact) mass is 444 g/mol. The Morgan fingerprint density at radius 1 is 1.21 bits per heavy atom. The second kappa shape index (κ2) is 7.77. The number of aromatic carboxylic acids is 1. The normalized spacial score (nSPS) is 11.5. The van der Waals surface area contributed by atoms with Gasteiger partial charge in [-0.2, -0.15) is 0 Å². The topological polar surface area (TPSA) is 93.6 Å². The molecule has 1 aromatic heterocycles. The molecule has 0 amide bonds. The maximum absolute atomic E-state index is 12.9. The molecule has 0 unspecified atom stereocenters. The highest BCUT2D eigenvalue weighted by Crippen LogP contribution is 2.33. The van der Waals surface area contributed by atoms with Crippen LogP contribution in [0.1, 0.15) is 15.9 Å². The fourth-order valence-electron chi connectivity index (χ4n) is 2.74. The number of ether oxygens (including phenoxy) is 2. The van der Waals surface area contributed by atoms with E-state index in [0.29, 0.717) is 37.8 Å². The van der Waals surface area contributed by atoms with Crippen molar-refractivity contribution in [1.29, 1.82) is 0 Å². The molecule has 2 aromatic carbocycles. The number of carboxylic acid groups (broad SMARTS) is 1. The van der Waals surface area contributed by atoms with E-state index in [0.717, 1.165) is 0 Å². The van der Waals surface area contributed by atoms with Crippen LogP contribution in [0, 0.1) is 0 Å². The van der Waals surface area contributed by atoms with E-state index in [4.69, 9.17) is 14.6 Å². The van der Waals surface area contributed by atoms with E-state index in [9.17, 15) is 9.59 Å². The molecule has 0 bridgehead atoms. The lowest BCUT2D eigenvalue weighted by Gasteiger charge is -2.09.